The van der Waals surface area contributed by atoms with Gasteiger partial charge in [-0.2, -0.15) is 0 Å². The normalized spacial score (nSPS) is 11.4. The lowest BCUT2D eigenvalue weighted by Crippen LogP contribution is -1.86. The highest BCUT2D eigenvalue weighted by atomic mass is 16.5. The molecule has 3 aromatic rings. The maximum absolute atomic E-state index is 9.27. The predicted molar refractivity (Wildman–Crippen MR) is 95.3 cm³/mol. The molecule has 0 saturated carbocycles. The number of hydrogen-bond donors (Lipinski definition) is 1. The van der Waals surface area contributed by atoms with E-state index in [-0.39, 0.29) is 5.75 Å². The second kappa shape index (κ2) is 7.28. The van der Waals surface area contributed by atoms with Gasteiger partial charge in [-0.15, -0.1) is 5.10 Å². The molecule has 0 aliphatic carbocycles. The fourth-order valence-electron chi connectivity index (χ4n) is 2.11. The number of benzene rings is 2. The lowest BCUT2D eigenvalue weighted by atomic mass is 10.2. The quantitative estimate of drug-likeness (QED) is 0.777. The summed E-state index contributed by atoms with van der Waals surface area (Å²) in [5.41, 5.74) is 2.75. The number of rotatable bonds is 5. The molecule has 0 amide bonds. The first kappa shape index (κ1) is 15.6. The van der Waals surface area contributed by atoms with Crippen LogP contribution in [0.1, 0.15) is 16.8 Å². The number of aromatic nitrogens is 3. The molecule has 5 nitrogen and oxygen atoms in total. The van der Waals surface area contributed by atoms with E-state index in [2.05, 4.69) is 10.3 Å². The molecule has 3 rings (SSSR count). The van der Waals surface area contributed by atoms with Crippen molar-refractivity contribution in [3.05, 3.63) is 71.5 Å². The molecule has 0 saturated heterocycles. The zero-order valence-electron chi connectivity index (χ0n) is 13.2. The van der Waals surface area contributed by atoms with Crippen molar-refractivity contribution < 1.29 is 9.84 Å². The molecule has 1 N–H and O–H groups in total. The van der Waals surface area contributed by atoms with Crippen molar-refractivity contribution in [1.82, 2.24) is 15.0 Å². The summed E-state index contributed by atoms with van der Waals surface area (Å²) in [6.07, 6.45) is 9.38. The second-order valence-corrected chi connectivity index (χ2v) is 5.14. The SMILES string of the molecule is COc1cccc(/C=C/n2cc(/C=C/c3ccc(O)cc3)nn2)c1. The van der Waals surface area contributed by atoms with E-state index < -0.39 is 0 Å². The highest BCUT2D eigenvalue weighted by Gasteiger charge is 1.96. The summed E-state index contributed by atoms with van der Waals surface area (Å²) in [6, 6.07) is 14.7. The Hall–Kier alpha value is -3.34. The lowest BCUT2D eigenvalue weighted by Gasteiger charge is -1.99. The molecule has 1 heterocycles. The number of phenols is 1. The number of aromatic hydroxyl groups is 1. The summed E-state index contributed by atoms with van der Waals surface area (Å²) in [5, 5.41) is 17.4. The summed E-state index contributed by atoms with van der Waals surface area (Å²) in [4.78, 5) is 0. The molecule has 0 spiro atoms. The summed E-state index contributed by atoms with van der Waals surface area (Å²) >= 11 is 0. The second-order valence-electron chi connectivity index (χ2n) is 5.14. The largest absolute Gasteiger partial charge is 0.508 e. The summed E-state index contributed by atoms with van der Waals surface area (Å²) in [7, 11) is 1.65. The van der Waals surface area contributed by atoms with Gasteiger partial charge in [0, 0.05) is 6.20 Å². The average molecular weight is 319 g/mol. The van der Waals surface area contributed by atoms with E-state index in [9.17, 15) is 5.11 Å². The number of ether oxygens (including phenoxy) is 1. The maximum atomic E-state index is 9.27. The van der Waals surface area contributed by atoms with E-state index in [1.165, 1.54) is 0 Å². The molecule has 24 heavy (non-hydrogen) atoms. The van der Waals surface area contributed by atoms with E-state index in [1.807, 2.05) is 67.0 Å². The van der Waals surface area contributed by atoms with Crippen LogP contribution in [-0.4, -0.2) is 27.2 Å². The minimum Gasteiger partial charge on any atom is -0.508 e. The van der Waals surface area contributed by atoms with E-state index in [0.717, 1.165) is 22.6 Å². The molecule has 0 radical (unpaired) electrons. The van der Waals surface area contributed by atoms with Gasteiger partial charge in [0.1, 0.15) is 17.2 Å². The number of methoxy groups -OCH3 is 1. The van der Waals surface area contributed by atoms with Gasteiger partial charge in [-0.3, -0.25) is 0 Å². The third-order valence-corrected chi connectivity index (χ3v) is 3.38. The van der Waals surface area contributed by atoms with Crippen LogP contribution in [0.15, 0.2) is 54.7 Å². The van der Waals surface area contributed by atoms with Crippen LogP contribution < -0.4 is 4.74 Å². The first-order valence-electron chi connectivity index (χ1n) is 7.44. The van der Waals surface area contributed by atoms with Gasteiger partial charge >= 0.3 is 0 Å². The third kappa shape index (κ3) is 4.10. The van der Waals surface area contributed by atoms with Gasteiger partial charge in [-0.05, 0) is 47.5 Å². The summed E-state index contributed by atoms with van der Waals surface area (Å²) < 4.78 is 6.85. The van der Waals surface area contributed by atoms with Gasteiger partial charge in [-0.1, -0.05) is 35.6 Å². The number of phenolic OH excluding ortho intramolecular Hbond substituents is 1. The molecule has 2 aromatic carbocycles. The van der Waals surface area contributed by atoms with E-state index in [1.54, 1.807) is 23.9 Å². The highest BCUT2D eigenvalue weighted by Crippen LogP contribution is 2.14. The first-order valence-corrected chi connectivity index (χ1v) is 7.44. The standard InChI is InChI=1S/C19H17N3O2/c1-24-19-4-2-3-16(13-19)11-12-22-14-17(20-21-22)8-5-15-6-9-18(23)10-7-15/h2-14,23H,1H3/b8-5+,12-11+. The van der Waals surface area contributed by atoms with Crippen molar-refractivity contribution in [1.29, 1.82) is 0 Å². The van der Waals surface area contributed by atoms with Gasteiger partial charge in [0.15, 0.2) is 0 Å². The zero-order chi connectivity index (χ0) is 16.8. The number of nitrogens with zero attached hydrogens (tertiary/aromatic N) is 3. The zero-order valence-corrected chi connectivity index (χ0v) is 13.2. The fraction of sp³-hybridized carbons (Fsp3) is 0.0526. The Morgan fingerprint density at radius 2 is 1.83 bits per heavy atom. The molecule has 5 heteroatoms. The summed E-state index contributed by atoms with van der Waals surface area (Å²) in [6.45, 7) is 0. The Kier molecular flexibility index (Phi) is 4.72. The van der Waals surface area contributed by atoms with Crippen LogP contribution in [0.4, 0.5) is 0 Å². The van der Waals surface area contributed by atoms with Crippen LogP contribution in [-0.2, 0) is 0 Å². The van der Waals surface area contributed by atoms with Crippen molar-refractivity contribution in [2.75, 3.05) is 7.11 Å². The van der Waals surface area contributed by atoms with Crippen molar-refractivity contribution in [3.8, 4) is 11.5 Å². The van der Waals surface area contributed by atoms with E-state index in [0.29, 0.717) is 0 Å². The Bertz CT molecular complexity index is 864. The molecule has 0 unspecified atom stereocenters. The molecular formula is C19H17N3O2. The molecule has 1 aromatic heterocycles. The lowest BCUT2D eigenvalue weighted by molar-refractivity contribution is 0.414. The average Bonchev–Trinajstić information content (AvgIpc) is 3.08. The van der Waals surface area contributed by atoms with Gasteiger partial charge < -0.3 is 9.84 Å². The van der Waals surface area contributed by atoms with Crippen molar-refractivity contribution in [2.24, 2.45) is 0 Å². The van der Waals surface area contributed by atoms with Crippen LogP contribution in [0.2, 0.25) is 0 Å². The fourth-order valence-corrected chi connectivity index (χ4v) is 2.11. The topological polar surface area (TPSA) is 60.2 Å². The van der Waals surface area contributed by atoms with Gasteiger partial charge in [0.2, 0.25) is 0 Å². The van der Waals surface area contributed by atoms with Crippen molar-refractivity contribution >= 4 is 24.4 Å². The maximum Gasteiger partial charge on any atom is 0.119 e. The van der Waals surface area contributed by atoms with Crippen LogP contribution >= 0.6 is 0 Å². The molecular weight excluding hydrogens is 302 g/mol. The smallest absolute Gasteiger partial charge is 0.119 e. The van der Waals surface area contributed by atoms with Crippen molar-refractivity contribution in [3.63, 3.8) is 0 Å². The van der Waals surface area contributed by atoms with Crippen LogP contribution in [0.5, 0.6) is 11.5 Å². The molecule has 0 bridgehead atoms. The van der Waals surface area contributed by atoms with Gasteiger partial charge in [-0.25, -0.2) is 4.68 Å². The highest BCUT2D eigenvalue weighted by molar-refractivity contribution is 5.68. The van der Waals surface area contributed by atoms with Gasteiger partial charge in [0.05, 0.1) is 13.3 Å². The third-order valence-electron chi connectivity index (χ3n) is 3.38. The minimum absolute atomic E-state index is 0.251. The molecule has 0 atom stereocenters. The molecule has 120 valence electrons. The monoisotopic (exact) mass is 319 g/mol. The Morgan fingerprint density at radius 1 is 1.00 bits per heavy atom. The van der Waals surface area contributed by atoms with Crippen LogP contribution in [0, 0.1) is 0 Å². The van der Waals surface area contributed by atoms with Crippen LogP contribution in [0.25, 0.3) is 24.4 Å². The number of hydrogen-bond acceptors (Lipinski definition) is 4. The van der Waals surface area contributed by atoms with E-state index >= 15 is 0 Å². The molecule has 0 fully saturated rings. The Balaban J connectivity index is 1.68. The minimum atomic E-state index is 0.251. The first-order chi connectivity index (χ1) is 11.7. The molecule has 0 aliphatic heterocycles. The van der Waals surface area contributed by atoms with Crippen molar-refractivity contribution in [2.45, 2.75) is 0 Å². The van der Waals surface area contributed by atoms with Crippen LogP contribution in [0.3, 0.4) is 0 Å². The Labute approximate surface area is 140 Å². The van der Waals surface area contributed by atoms with Gasteiger partial charge in [0.25, 0.3) is 0 Å². The van der Waals surface area contributed by atoms with E-state index in [4.69, 9.17) is 4.74 Å². The Morgan fingerprint density at radius 3 is 2.62 bits per heavy atom. The molecule has 0 aliphatic rings. The predicted octanol–water partition coefficient (Wildman–Crippen LogP) is 3.79. The summed E-state index contributed by atoms with van der Waals surface area (Å²) in [5.74, 6) is 1.06.